The molecule has 1 amide bonds. The maximum atomic E-state index is 12.1. The molecule has 4 nitrogen and oxygen atoms in total. The molecule has 1 aliphatic rings. The molecule has 1 fully saturated rings. The molecule has 0 aliphatic carbocycles. The van der Waals surface area contributed by atoms with Crippen molar-refractivity contribution >= 4 is 23.6 Å². The molecule has 0 aromatic heterocycles. The molecule has 1 N–H and O–H groups in total. The minimum absolute atomic E-state index is 0.0291. The quantitative estimate of drug-likeness (QED) is 0.799. The van der Waals surface area contributed by atoms with Crippen LogP contribution in [-0.2, 0) is 9.59 Å². The molecule has 1 unspecified atom stereocenters. The number of carboxylic acids is 1. The number of hydrogen-bond donors (Lipinski definition) is 1. The first-order valence-corrected chi connectivity index (χ1v) is 6.71. The van der Waals surface area contributed by atoms with Gasteiger partial charge in [-0.25, -0.2) is 0 Å². The summed E-state index contributed by atoms with van der Waals surface area (Å²) in [6, 6.07) is 0.0769. The molecule has 1 aliphatic heterocycles. The van der Waals surface area contributed by atoms with Gasteiger partial charge in [0.1, 0.15) is 0 Å². The van der Waals surface area contributed by atoms with Crippen LogP contribution in [0.5, 0.6) is 0 Å². The fourth-order valence-electron chi connectivity index (χ4n) is 1.80. The molecule has 1 heterocycles. The van der Waals surface area contributed by atoms with Gasteiger partial charge in [-0.2, -0.15) is 0 Å². The van der Waals surface area contributed by atoms with Gasteiger partial charge in [-0.05, 0) is 32.4 Å². The number of aliphatic carboxylic acids is 1. The number of carbonyl (C=O) groups excluding carboxylic acids is 1. The molecule has 0 aromatic carbocycles. The Morgan fingerprint density at radius 2 is 2.19 bits per heavy atom. The molecule has 16 heavy (non-hydrogen) atoms. The number of hydrogen-bond acceptors (Lipinski definition) is 3. The van der Waals surface area contributed by atoms with E-state index in [4.69, 9.17) is 5.11 Å². The second-order valence-electron chi connectivity index (χ2n) is 4.27. The predicted molar refractivity (Wildman–Crippen MR) is 64.6 cm³/mol. The number of thioether (sulfide) groups is 1. The SMILES string of the molecule is CC(C)N(CCC(=O)O)C(=O)C1CCCS1. The van der Waals surface area contributed by atoms with E-state index in [2.05, 4.69) is 0 Å². The van der Waals surface area contributed by atoms with Crippen molar-refractivity contribution in [1.82, 2.24) is 4.90 Å². The summed E-state index contributed by atoms with van der Waals surface area (Å²) >= 11 is 1.69. The van der Waals surface area contributed by atoms with E-state index in [1.807, 2.05) is 13.8 Å². The lowest BCUT2D eigenvalue weighted by Gasteiger charge is -2.28. The highest BCUT2D eigenvalue weighted by molar-refractivity contribution is 8.00. The first-order chi connectivity index (χ1) is 7.52. The second-order valence-corrected chi connectivity index (χ2v) is 5.58. The van der Waals surface area contributed by atoms with Gasteiger partial charge < -0.3 is 10.0 Å². The molecule has 1 atom stereocenters. The molecular formula is C11H19NO3S. The number of rotatable bonds is 5. The van der Waals surface area contributed by atoms with Crippen molar-refractivity contribution in [2.45, 2.75) is 44.4 Å². The third-order valence-corrected chi connectivity index (χ3v) is 4.04. The lowest BCUT2D eigenvalue weighted by molar-refractivity contribution is -0.139. The van der Waals surface area contributed by atoms with E-state index in [1.165, 1.54) is 0 Å². The summed E-state index contributed by atoms with van der Waals surface area (Å²) in [6.45, 7) is 4.18. The smallest absolute Gasteiger partial charge is 0.305 e. The lowest BCUT2D eigenvalue weighted by atomic mass is 10.2. The fraction of sp³-hybridized carbons (Fsp3) is 0.818. The Bertz CT molecular complexity index is 262. The lowest BCUT2D eigenvalue weighted by Crippen LogP contribution is -2.42. The van der Waals surface area contributed by atoms with Crippen LogP contribution >= 0.6 is 11.8 Å². The third kappa shape index (κ3) is 3.70. The monoisotopic (exact) mass is 245 g/mol. The largest absolute Gasteiger partial charge is 0.481 e. The van der Waals surface area contributed by atoms with Crippen LogP contribution in [0.2, 0.25) is 0 Å². The average molecular weight is 245 g/mol. The van der Waals surface area contributed by atoms with Crippen LogP contribution in [0.15, 0.2) is 0 Å². The van der Waals surface area contributed by atoms with Crippen molar-refractivity contribution in [2.75, 3.05) is 12.3 Å². The second kappa shape index (κ2) is 6.13. The highest BCUT2D eigenvalue weighted by Gasteiger charge is 2.29. The molecule has 92 valence electrons. The number of carboxylic acid groups (broad SMARTS) is 1. The predicted octanol–water partition coefficient (Wildman–Crippen LogP) is 1.59. The highest BCUT2D eigenvalue weighted by Crippen LogP contribution is 2.28. The maximum absolute atomic E-state index is 12.1. The molecule has 1 saturated heterocycles. The minimum Gasteiger partial charge on any atom is -0.481 e. The molecule has 0 saturated carbocycles. The third-order valence-electron chi connectivity index (χ3n) is 2.68. The van der Waals surface area contributed by atoms with E-state index in [1.54, 1.807) is 16.7 Å². The van der Waals surface area contributed by atoms with Crippen LogP contribution in [-0.4, -0.2) is 45.5 Å². The van der Waals surface area contributed by atoms with Gasteiger partial charge >= 0.3 is 5.97 Å². The molecule has 5 heteroatoms. The van der Waals surface area contributed by atoms with Crippen molar-refractivity contribution in [3.8, 4) is 0 Å². The Morgan fingerprint density at radius 3 is 2.62 bits per heavy atom. The molecular weight excluding hydrogens is 226 g/mol. The summed E-state index contributed by atoms with van der Waals surface area (Å²) in [6.07, 6.45) is 2.05. The van der Waals surface area contributed by atoms with Crippen molar-refractivity contribution in [3.63, 3.8) is 0 Å². The Morgan fingerprint density at radius 1 is 1.50 bits per heavy atom. The van der Waals surface area contributed by atoms with E-state index in [0.29, 0.717) is 6.54 Å². The van der Waals surface area contributed by atoms with Gasteiger partial charge in [0.25, 0.3) is 0 Å². The highest BCUT2D eigenvalue weighted by atomic mass is 32.2. The van der Waals surface area contributed by atoms with Gasteiger partial charge in [-0.3, -0.25) is 9.59 Å². The summed E-state index contributed by atoms with van der Waals surface area (Å²) < 4.78 is 0. The summed E-state index contributed by atoms with van der Waals surface area (Å²) in [5, 5.41) is 8.70. The zero-order valence-corrected chi connectivity index (χ0v) is 10.6. The van der Waals surface area contributed by atoms with Crippen LogP contribution in [0, 0.1) is 0 Å². The molecule has 0 bridgehead atoms. The van der Waals surface area contributed by atoms with E-state index in [0.717, 1.165) is 18.6 Å². The maximum Gasteiger partial charge on any atom is 0.305 e. The molecule has 1 rings (SSSR count). The Labute approximate surface area is 100 Å². The van der Waals surface area contributed by atoms with Gasteiger partial charge in [0.2, 0.25) is 5.91 Å². The summed E-state index contributed by atoms with van der Waals surface area (Å²) in [5.41, 5.74) is 0. The van der Waals surface area contributed by atoms with Crippen LogP contribution in [0.25, 0.3) is 0 Å². The van der Waals surface area contributed by atoms with E-state index in [-0.39, 0.29) is 23.6 Å². The van der Waals surface area contributed by atoms with E-state index >= 15 is 0 Å². The Balaban J connectivity index is 2.54. The van der Waals surface area contributed by atoms with Gasteiger partial charge in [-0.1, -0.05) is 0 Å². The Hall–Kier alpha value is -0.710. The van der Waals surface area contributed by atoms with Crippen molar-refractivity contribution < 1.29 is 14.7 Å². The average Bonchev–Trinajstić information content (AvgIpc) is 2.69. The standard InChI is InChI=1S/C11H19NO3S/c1-8(2)12(6-5-10(13)14)11(15)9-4-3-7-16-9/h8-9H,3-7H2,1-2H3,(H,13,14). The Kier molecular flexibility index (Phi) is 5.12. The van der Waals surface area contributed by atoms with E-state index in [9.17, 15) is 9.59 Å². The summed E-state index contributed by atoms with van der Waals surface area (Å²) in [5.74, 6) is 0.303. The zero-order valence-electron chi connectivity index (χ0n) is 9.81. The van der Waals surface area contributed by atoms with Crippen LogP contribution < -0.4 is 0 Å². The number of carbonyl (C=O) groups is 2. The van der Waals surface area contributed by atoms with Gasteiger partial charge in [-0.15, -0.1) is 11.8 Å². The van der Waals surface area contributed by atoms with Gasteiger partial charge in [0.05, 0.1) is 11.7 Å². The summed E-state index contributed by atoms with van der Waals surface area (Å²) in [4.78, 5) is 24.3. The topological polar surface area (TPSA) is 57.6 Å². The van der Waals surface area contributed by atoms with Crippen LogP contribution in [0.4, 0.5) is 0 Å². The zero-order chi connectivity index (χ0) is 12.1. The first-order valence-electron chi connectivity index (χ1n) is 5.66. The molecule has 0 spiro atoms. The molecule has 0 radical (unpaired) electrons. The van der Waals surface area contributed by atoms with Gasteiger partial charge in [0, 0.05) is 12.6 Å². The van der Waals surface area contributed by atoms with Crippen LogP contribution in [0.3, 0.4) is 0 Å². The normalized spacial score (nSPS) is 20.1. The van der Waals surface area contributed by atoms with Crippen molar-refractivity contribution in [2.24, 2.45) is 0 Å². The minimum atomic E-state index is -0.850. The van der Waals surface area contributed by atoms with Crippen molar-refractivity contribution in [3.05, 3.63) is 0 Å². The number of amides is 1. The summed E-state index contributed by atoms with van der Waals surface area (Å²) in [7, 11) is 0. The van der Waals surface area contributed by atoms with Gasteiger partial charge in [0.15, 0.2) is 0 Å². The van der Waals surface area contributed by atoms with Crippen molar-refractivity contribution in [1.29, 1.82) is 0 Å². The fourth-order valence-corrected chi connectivity index (χ4v) is 3.03. The first kappa shape index (κ1) is 13.4. The molecule has 0 aromatic rings. The van der Waals surface area contributed by atoms with Crippen LogP contribution in [0.1, 0.15) is 33.1 Å². The van der Waals surface area contributed by atoms with E-state index < -0.39 is 5.97 Å². The number of nitrogens with zero attached hydrogens (tertiary/aromatic N) is 1.